The molecule has 1 saturated heterocycles. The van der Waals surface area contributed by atoms with Gasteiger partial charge in [-0.1, -0.05) is 0 Å². The van der Waals surface area contributed by atoms with Gasteiger partial charge in [0.05, 0.1) is 35.4 Å². The minimum Gasteiger partial charge on any atom is -0.369 e. The van der Waals surface area contributed by atoms with Crippen LogP contribution < -0.4 is 21.2 Å². The fraction of sp³-hybridized carbons (Fsp3) is 0.414. The van der Waals surface area contributed by atoms with E-state index in [0.717, 1.165) is 50.3 Å². The number of rotatable bonds is 7. The largest absolute Gasteiger partial charge is 0.369 e. The number of aryl methyl sites for hydroxylation is 1. The Morgan fingerprint density at radius 3 is 2.67 bits per heavy atom. The van der Waals surface area contributed by atoms with Crippen LogP contribution in [0.5, 0.6) is 0 Å². The minimum absolute atomic E-state index is 0.0557. The second-order valence-electron chi connectivity index (χ2n) is 10.8. The molecule has 2 aromatic carbocycles. The van der Waals surface area contributed by atoms with Gasteiger partial charge in [-0.05, 0) is 56.5 Å². The number of piperazine rings is 1. The molecule has 0 bridgehead atoms. The van der Waals surface area contributed by atoms with Crippen LogP contribution in [0.4, 0.5) is 21.6 Å². The Morgan fingerprint density at radius 2 is 2.00 bits per heavy atom. The second kappa shape index (κ2) is 10.0. The zero-order chi connectivity index (χ0) is 28.0. The van der Waals surface area contributed by atoms with Gasteiger partial charge < -0.3 is 15.5 Å². The Hall–Kier alpha value is -4.30. The van der Waals surface area contributed by atoms with Crippen LogP contribution in [0.1, 0.15) is 47.7 Å². The van der Waals surface area contributed by atoms with E-state index in [9.17, 15) is 9.59 Å². The van der Waals surface area contributed by atoms with Crippen molar-refractivity contribution in [3.8, 4) is 6.07 Å². The highest BCUT2D eigenvalue weighted by atomic mass is 19.1. The topological polar surface area (TPSA) is 119 Å². The van der Waals surface area contributed by atoms with Crippen LogP contribution in [0, 0.1) is 24.1 Å². The average Bonchev–Trinajstić information content (AvgIpc) is 3.70. The molecule has 1 aliphatic carbocycles. The quantitative estimate of drug-likeness (QED) is 0.470. The molecule has 3 aliphatic rings. The first-order valence-corrected chi connectivity index (χ1v) is 13.6. The zero-order valence-corrected chi connectivity index (χ0v) is 22.6. The summed E-state index contributed by atoms with van der Waals surface area (Å²) in [5.74, 6) is -0.188. The number of nitriles is 1. The van der Waals surface area contributed by atoms with Gasteiger partial charge in [-0.15, -0.1) is 0 Å². The molecule has 11 heteroatoms. The fourth-order valence-corrected chi connectivity index (χ4v) is 5.72. The molecule has 0 radical (unpaired) electrons. The lowest BCUT2D eigenvalue weighted by molar-refractivity contribution is 0.0932. The normalized spacial score (nSPS) is 17.4. The Kier molecular flexibility index (Phi) is 6.50. The number of carbonyl (C=O) groups is 1. The van der Waals surface area contributed by atoms with Gasteiger partial charge in [-0.2, -0.15) is 10.2 Å². The molecule has 1 amide bonds. The summed E-state index contributed by atoms with van der Waals surface area (Å²) in [6.07, 6.45) is 3.56. The number of amides is 1. The molecule has 1 aromatic heterocycles. The highest BCUT2D eigenvalue weighted by molar-refractivity contribution is 6.06. The molecule has 6 rings (SSSR count). The van der Waals surface area contributed by atoms with Gasteiger partial charge in [0, 0.05) is 56.1 Å². The van der Waals surface area contributed by atoms with Crippen molar-refractivity contribution in [1.82, 2.24) is 19.8 Å². The van der Waals surface area contributed by atoms with E-state index in [1.807, 2.05) is 32.0 Å². The van der Waals surface area contributed by atoms with Gasteiger partial charge in [0.25, 0.3) is 5.91 Å². The molecule has 206 valence electrons. The summed E-state index contributed by atoms with van der Waals surface area (Å²) < 4.78 is 17.1. The number of nitrogens with one attached hydrogen (secondary N) is 2. The predicted molar refractivity (Wildman–Crippen MR) is 152 cm³/mol. The Bertz CT molecular complexity index is 1640. The molecular weight excluding hydrogens is 511 g/mol. The minimum atomic E-state index is -0.507. The van der Waals surface area contributed by atoms with E-state index in [1.165, 1.54) is 10.9 Å². The van der Waals surface area contributed by atoms with Crippen molar-refractivity contribution in [1.29, 1.82) is 5.26 Å². The Balaban J connectivity index is 1.14. The van der Waals surface area contributed by atoms with E-state index in [1.54, 1.807) is 6.07 Å². The third kappa shape index (κ3) is 4.58. The summed E-state index contributed by atoms with van der Waals surface area (Å²) in [6.45, 7) is 7.62. The molecule has 2 fully saturated rings. The summed E-state index contributed by atoms with van der Waals surface area (Å²) >= 11 is 0. The lowest BCUT2D eigenvalue weighted by atomic mass is 10.1. The van der Waals surface area contributed by atoms with Crippen molar-refractivity contribution in [3.63, 3.8) is 0 Å². The summed E-state index contributed by atoms with van der Waals surface area (Å²) in [5, 5.41) is 15.7. The summed E-state index contributed by atoms with van der Waals surface area (Å²) in [4.78, 5) is 38.1. The van der Waals surface area contributed by atoms with Crippen molar-refractivity contribution < 1.29 is 9.18 Å². The SMILES string of the molecule is CCn1c2c3c(cc(CN4CCN(c5ccc(C(=O)NC6(CC#N)CC6)cc5C)CC4)c(F)c3nc1=O)NC=N2. The molecular formula is C29H31FN8O2. The maximum atomic E-state index is 15.6. The number of carbonyl (C=O) groups excluding carboxylic acids is 1. The molecule has 3 aromatic rings. The van der Waals surface area contributed by atoms with Crippen molar-refractivity contribution >= 4 is 40.3 Å². The standard InChI is InChI=1S/C29H31FN8O2/c1-3-38-26-23-21(32-17-33-26)15-20(24(30)25(23)34-28(38)40)16-36-10-12-37(13-11-36)22-5-4-19(14-18(22)2)27(39)35-29(6-7-29)8-9-31/h4-5,14-15,17H,3,6-8,10-13,16H2,1-2H3,(H,32,33)(H,35,39). The van der Waals surface area contributed by atoms with Crippen LogP contribution in [-0.4, -0.2) is 58.4 Å². The molecule has 10 nitrogen and oxygen atoms in total. The number of aromatic nitrogens is 2. The van der Waals surface area contributed by atoms with Crippen LogP contribution in [0.15, 0.2) is 34.1 Å². The van der Waals surface area contributed by atoms with Gasteiger partial charge in [0.1, 0.15) is 11.3 Å². The van der Waals surface area contributed by atoms with Crippen LogP contribution in [0.3, 0.4) is 0 Å². The second-order valence-corrected chi connectivity index (χ2v) is 10.8. The highest BCUT2D eigenvalue weighted by Crippen LogP contribution is 2.39. The van der Waals surface area contributed by atoms with Crippen molar-refractivity contribution in [2.75, 3.05) is 36.4 Å². The van der Waals surface area contributed by atoms with E-state index >= 15 is 4.39 Å². The van der Waals surface area contributed by atoms with Crippen LogP contribution in [0.2, 0.25) is 0 Å². The Labute approximate surface area is 231 Å². The van der Waals surface area contributed by atoms with E-state index in [2.05, 4.69) is 36.5 Å². The van der Waals surface area contributed by atoms with Gasteiger partial charge >= 0.3 is 5.69 Å². The molecule has 0 unspecified atom stereocenters. The van der Waals surface area contributed by atoms with Gasteiger partial charge in [0.2, 0.25) is 0 Å². The number of halogens is 1. The van der Waals surface area contributed by atoms with Crippen LogP contribution in [-0.2, 0) is 13.1 Å². The molecule has 40 heavy (non-hydrogen) atoms. The number of hydrogen-bond acceptors (Lipinski definition) is 8. The van der Waals surface area contributed by atoms with Crippen molar-refractivity contribution in [2.45, 2.75) is 51.7 Å². The van der Waals surface area contributed by atoms with Gasteiger partial charge in [0.15, 0.2) is 5.82 Å². The first-order valence-electron chi connectivity index (χ1n) is 13.6. The fourth-order valence-electron chi connectivity index (χ4n) is 5.72. The predicted octanol–water partition coefficient (Wildman–Crippen LogP) is 3.45. The number of aliphatic imine (C=N–C) groups is 1. The number of anilines is 2. The third-order valence-electron chi connectivity index (χ3n) is 8.17. The first kappa shape index (κ1) is 26.0. The van der Waals surface area contributed by atoms with E-state index < -0.39 is 11.5 Å². The van der Waals surface area contributed by atoms with Gasteiger partial charge in [-0.25, -0.2) is 14.2 Å². The molecule has 3 heterocycles. The number of nitrogens with zero attached hydrogens (tertiary/aromatic N) is 6. The summed E-state index contributed by atoms with van der Waals surface area (Å²) in [5.41, 5.74) is 3.07. The molecule has 1 saturated carbocycles. The van der Waals surface area contributed by atoms with Crippen LogP contribution in [0.25, 0.3) is 10.9 Å². The van der Waals surface area contributed by atoms with E-state index in [0.29, 0.717) is 47.5 Å². The number of hydrogen-bond donors (Lipinski definition) is 2. The van der Waals surface area contributed by atoms with E-state index in [4.69, 9.17) is 5.26 Å². The Morgan fingerprint density at radius 1 is 1.23 bits per heavy atom. The van der Waals surface area contributed by atoms with Crippen molar-refractivity contribution in [3.05, 3.63) is 57.3 Å². The smallest absolute Gasteiger partial charge is 0.349 e. The summed E-state index contributed by atoms with van der Waals surface area (Å²) in [6, 6.07) is 9.68. The van der Waals surface area contributed by atoms with Crippen molar-refractivity contribution in [2.24, 2.45) is 4.99 Å². The molecule has 2 N–H and O–H groups in total. The average molecular weight is 543 g/mol. The first-order chi connectivity index (χ1) is 19.3. The zero-order valence-electron chi connectivity index (χ0n) is 22.6. The maximum Gasteiger partial charge on any atom is 0.349 e. The van der Waals surface area contributed by atoms with Gasteiger partial charge in [-0.3, -0.25) is 14.3 Å². The third-order valence-corrected chi connectivity index (χ3v) is 8.17. The lowest BCUT2D eigenvalue weighted by Gasteiger charge is -2.37. The monoisotopic (exact) mass is 542 g/mol. The highest BCUT2D eigenvalue weighted by Gasteiger charge is 2.44. The molecule has 0 spiro atoms. The number of benzene rings is 2. The van der Waals surface area contributed by atoms with E-state index in [-0.39, 0.29) is 17.0 Å². The summed E-state index contributed by atoms with van der Waals surface area (Å²) in [7, 11) is 0. The van der Waals surface area contributed by atoms with Crippen LogP contribution >= 0.6 is 0 Å². The molecule has 2 aliphatic heterocycles. The lowest BCUT2D eigenvalue weighted by Crippen LogP contribution is -2.46. The maximum absolute atomic E-state index is 15.6. The molecule has 0 atom stereocenters.